The van der Waals surface area contributed by atoms with E-state index in [1.54, 1.807) is 12.4 Å². The predicted octanol–water partition coefficient (Wildman–Crippen LogP) is 4.27. The number of likely N-dealkylation sites (tertiary alicyclic amines) is 1. The van der Waals surface area contributed by atoms with Gasteiger partial charge in [0.2, 0.25) is 0 Å². The minimum Gasteiger partial charge on any atom is -0.486 e. The van der Waals surface area contributed by atoms with Crippen molar-refractivity contribution >= 4 is 34.1 Å². The standard InChI is InChI=1S/C26H26Cl2N8O2/c1-14(24-18(27)8-30-9-19(24)28)38-16-2-3-20-17(6-16)25(34-33-20)26-31-21-11-36(12-22(21)32-26)23(37)13-35-5-4-15(7-29)10-35/h2-3,6,8-9,14-15,23,37H,4-5,10-13H2,1H3,(H,31,32)(H,33,34)/t14-,15?,23?/m1/s1. The molecule has 0 saturated carbocycles. The second-order valence-electron chi connectivity index (χ2n) is 9.83. The van der Waals surface area contributed by atoms with Gasteiger partial charge in [-0.2, -0.15) is 10.4 Å². The van der Waals surface area contributed by atoms with Gasteiger partial charge in [-0.1, -0.05) is 23.2 Å². The first-order chi connectivity index (χ1) is 18.4. The summed E-state index contributed by atoms with van der Waals surface area (Å²) in [6.45, 7) is 5.09. The van der Waals surface area contributed by atoms with Crippen molar-refractivity contribution in [1.82, 2.24) is 34.9 Å². The number of fused-ring (bicyclic) bond motifs is 2. The van der Waals surface area contributed by atoms with Crippen LogP contribution in [0.5, 0.6) is 5.75 Å². The van der Waals surface area contributed by atoms with Crippen LogP contribution in [0.1, 0.15) is 36.4 Å². The Morgan fingerprint density at radius 2 is 2.08 bits per heavy atom. The van der Waals surface area contributed by atoms with Crippen molar-refractivity contribution in [1.29, 1.82) is 5.26 Å². The highest BCUT2D eigenvalue weighted by Crippen LogP contribution is 2.35. The van der Waals surface area contributed by atoms with Crippen LogP contribution in [-0.4, -0.2) is 65.9 Å². The van der Waals surface area contributed by atoms with Crippen LogP contribution in [0.4, 0.5) is 0 Å². The second-order valence-corrected chi connectivity index (χ2v) is 10.6. The molecular weight excluding hydrogens is 527 g/mol. The van der Waals surface area contributed by atoms with Gasteiger partial charge in [0, 0.05) is 49.5 Å². The van der Waals surface area contributed by atoms with Crippen LogP contribution in [-0.2, 0) is 13.1 Å². The van der Waals surface area contributed by atoms with Crippen molar-refractivity contribution in [2.24, 2.45) is 5.92 Å². The third kappa shape index (κ3) is 4.72. The summed E-state index contributed by atoms with van der Waals surface area (Å²) < 4.78 is 6.18. The smallest absolute Gasteiger partial charge is 0.159 e. The number of pyridine rings is 1. The van der Waals surface area contributed by atoms with Crippen molar-refractivity contribution < 1.29 is 9.84 Å². The van der Waals surface area contributed by atoms with Crippen molar-refractivity contribution in [2.75, 3.05) is 19.6 Å². The molecule has 0 amide bonds. The number of benzene rings is 1. The number of nitrogens with one attached hydrogen (secondary N) is 2. The van der Waals surface area contributed by atoms with Crippen molar-refractivity contribution in [3.8, 4) is 23.3 Å². The number of aliphatic hydroxyl groups is 1. The zero-order valence-electron chi connectivity index (χ0n) is 20.7. The number of ether oxygens (including phenoxy) is 1. The fraction of sp³-hybridized carbons (Fsp3) is 0.385. The molecule has 2 unspecified atom stereocenters. The average molecular weight is 553 g/mol. The summed E-state index contributed by atoms with van der Waals surface area (Å²) in [7, 11) is 0. The highest BCUT2D eigenvalue weighted by atomic mass is 35.5. The Balaban J connectivity index is 1.17. The zero-order valence-corrected chi connectivity index (χ0v) is 22.2. The molecule has 10 nitrogen and oxygen atoms in total. The predicted molar refractivity (Wildman–Crippen MR) is 142 cm³/mol. The van der Waals surface area contributed by atoms with E-state index in [0.717, 1.165) is 35.3 Å². The van der Waals surface area contributed by atoms with Gasteiger partial charge in [-0.3, -0.25) is 19.9 Å². The first-order valence-corrected chi connectivity index (χ1v) is 13.2. The monoisotopic (exact) mass is 552 g/mol. The number of nitrogens with zero attached hydrogens (tertiary/aromatic N) is 6. The van der Waals surface area contributed by atoms with E-state index in [9.17, 15) is 5.11 Å². The van der Waals surface area contributed by atoms with E-state index in [1.165, 1.54) is 0 Å². The number of hydrogen-bond donors (Lipinski definition) is 3. The average Bonchev–Trinajstić information content (AvgIpc) is 3.66. The van der Waals surface area contributed by atoms with Crippen LogP contribution < -0.4 is 4.74 Å². The normalized spacial score (nSPS) is 19.5. The molecule has 12 heteroatoms. The lowest BCUT2D eigenvalue weighted by Crippen LogP contribution is -2.41. The molecule has 3 atom stereocenters. The fourth-order valence-electron chi connectivity index (χ4n) is 5.25. The van der Waals surface area contributed by atoms with Crippen LogP contribution >= 0.6 is 23.2 Å². The summed E-state index contributed by atoms with van der Waals surface area (Å²) in [4.78, 5) is 16.3. The van der Waals surface area contributed by atoms with Crippen LogP contribution in [0.15, 0.2) is 30.6 Å². The number of aliphatic hydroxyl groups excluding tert-OH is 1. The van der Waals surface area contributed by atoms with E-state index in [0.29, 0.717) is 59.1 Å². The molecule has 3 aromatic heterocycles. The summed E-state index contributed by atoms with van der Waals surface area (Å²) in [6.07, 6.45) is 2.96. The Morgan fingerprint density at radius 3 is 2.82 bits per heavy atom. The maximum absolute atomic E-state index is 10.8. The number of H-pyrrole nitrogens is 2. The molecule has 0 bridgehead atoms. The number of aromatic nitrogens is 5. The Morgan fingerprint density at radius 1 is 1.26 bits per heavy atom. The number of rotatable bonds is 7. The molecule has 0 aliphatic carbocycles. The number of nitriles is 1. The highest BCUT2D eigenvalue weighted by molar-refractivity contribution is 6.35. The lowest BCUT2D eigenvalue weighted by Gasteiger charge is -2.26. The Hall–Kier alpha value is -3.20. The molecule has 0 spiro atoms. The first kappa shape index (κ1) is 25.1. The molecule has 38 heavy (non-hydrogen) atoms. The third-order valence-corrected chi connectivity index (χ3v) is 7.85. The summed E-state index contributed by atoms with van der Waals surface area (Å²) >= 11 is 12.6. The van der Waals surface area contributed by atoms with Gasteiger partial charge in [0.25, 0.3) is 0 Å². The molecule has 3 N–H and O–H groups in total. The quantitative estimate of drug-likeness (QED) is 0.309. The van der Waals surface area contributed by atoms with E-state index in [4.69, 9.17) is 38.2 Å². The lowest BCUT2D eigenvalue weighted by molar-refractivity contribution is -0.0214. The number of aromatic amines is 2. The molecule has 196 valence electrons. The van der Waals surface area contributed by atoms with Gasteiger partial charge >= 0.3 is 0 Å². The highest BCUT2D eigenvalue weighted by Gasteiger charge is 2.31. The minimum absolute atomic E-state index is 0.0572. The van der Waals surface area contributed by atoms with Crippen LogP contribution in [0.3, 0.4) is 0 Å². The van der Waals surface area contributed by atoms with Gasteiger partial charge < -0.3 is 14.8 Å². The molecule has 1 fully saturated rings. The van der Waals surface area contributed by atoms with Crippen molar-refractivity contribution in [3.63, 3.8) is 0 Å². The molecule has 4 aromatic rings. The topological polar surface area (TPSA) is 130 Å². The van der Waals surface area contributed by atoms with Gasteiger partial charge in [0.05, 0.1) is 38.9 Å². The zero-order chi connectivity index (χ0) is 26.4. The SMILES string of the molecule is C[C@@H](Oc1ccc2[nH]nc(-c3nc4c([nH]3)CN(C(O)CN3CCC(C#N)C3)C4)c2c1)c1c(Cl)cncc1Cl. The minimum atomic E-state index is -0.617. The van der Waals surface area contributed by atoms with Crippen LogP contribution in [0, 0.1) is 17.2 Å². The van der Waals surface area contributed by atoms with Gasteiger partial charge in [0.1, 0.15) is 23.8 Å². The van der Waals surface area contributed by atoms with E-state index in [1.807, 2.05) is 30.0 Å². The molecule has 6 rings (SSSR count). The van der Waals surface area contributed by atoms with Crippen molar-refractivity contribution in [2.45, 2.75) is 38.8 Å². The summed E-state index contributed by atoms with van der Waals surface area (Å²) in [5.41, 5.74) is 4.10. The third-order valence-electron chi connectivity index (χ3n) is 7.24. The molecule has 2 aliphatic heterocycles. The van der Waals surface area contributed by atoms with Crippen molar-refractivity contribution in [3.05, 3.63) is 57.6 Å². The molecule has 1 saturated heterocycles. The van der Waals surface area contributed by atoms with Gasteiger partial charge in [-0.25, -0.2) is 4.98 Å². The fourth-order valence-corrected chi connectivity index (χ4v) is 5.92. The second kappa shape index (κ2) is 10.2. The summed E-state index contributed by atoms with van der Waals surface area (Å²) in [5.74, 6) is 1.37. The summed E-state index contributed by atoms with van der Waals surface area (Å²) in [6, 6.07) is 8.02. The Labute approximate surface area is 229 Å². The lowest BCUT2D eigenvalue weighted by atomic mass is 10.1. The van der Waals surface area contributed by atoms with Crippen LogP contribution in [0.25, 0.3) is 22.4 Å². The number of hydrogen-bond acceptors (Lipinski definition) is 8. The molecule has 2 aliphatic rings. The maximum Gasteiger partial charge on any atom is 0.159 e. The van der Waals surface area contributed by atoms with Crippen LogP contribution in [0.2, 0.25) is 10.0 Å². The van der Waals surface area contributed by atoms with E-state index < -0.39 is 6.23 Å². The summed E-state index contributed by atoms with van der Waals surface area (Å²) in [5, 5.41) is 29.2. The van der Waals surface area contributed by atoms with Gasteiger partial charge in [-0.05, 0) is 38.1 Å². The van der Waals surface area contributed by atoms with Gasteiger partial charge in [-0.15, -0.1) is 0 Å². The number of β-amino-alcohol motifs (C(OH)–C–C–N with tert-alkyl or cyclic N) is 1. The largest absolute Gasteiger partial charge is 0.486 e. The Kier molecular flexibility index (Phi) is 6.72. The van der Waals surface area contributed by atoms with E-state index in [-0.39, 0.29) is 12.0 Å². The van der Waals surface area contributed by atoms with E-state index in [2.05, 4.69) is 31.1 Å². The first-order valence-electron chi connectivity index (χ1n) is 12.5. The Bertz CT molecular complexity index is 1490. The maximum atomic E-state index is 10.8. The van der Waals surface area contributed by atoms with Gasteiger partial charge in [0.15, 0.2) is 5.82 Å². The molecule has 0 radical (unpaired) electrons. The molecular formula is C26H26Cl2N8O2. The number of halogens is 2. The molecule has 5 heterocycles. The van der Waals surface area contributed by atoms with E-state index >= 15 is 0 Å². The molecule has 1 aromatic carbocycles. The number of imidazole rings is 1.